The van der Waals surface area contributed by atoms with E-state index >= 15 is 0 Å². The highest BCUT2D eigenvalue weighted by molar-refractivity contribution is 7.98. The molecule has 128 valence electrons. The Morgan fingerprint density at radius 2 is 1.72 bits per heavy atom. The lowest BCUT2D eigenvalue weighted by molar-refractivity contribution is 0.451. The fourth-order valence-electron chi connectivity index (χ4n) is 2.18. The summed E-state index contributed by atoms with van der Waals surface area (Å²) in [6, 6.07) is 17.9. The molecule has 0 saturated carbocycles. The third kappa shape index (κ3) is 5.03. The summed E-state index contributed by atoms with van der Waals surface area (Å²) >= 11 is 1.57. The van der Waals surface area contributed by atoms with E-state index in [1.54, 1.807) is 23.9 Å². The van der Waals surface area contributed by atoms with Crippen LogP contribution in [0.4, 0.5) is 4.39 Å². The smallest absolute Gasteiger partial charge is 0.223 e. The Labute approximate surface area is 151 Å². The van der Waals surface area contributed by atoms with E-state index < -0.39 is 0 Å². The summed E-state index contributed by atoms with van der Waals surface area (Å²) in [6.07, 6.45) is 0. The molecule has 0 aliphatic carbocycles. The second kappa shape index (κ2) is 8.12. The van der Waals surface area contributed by atoms with Gasteiger partial charge >= 0.3 is 0 Å². The Morgan fingerprint density at radius 1 is 1.00 bits per heavy atom. The molecule has 25 heavy (non-hydrogen) atoms. The van der Waals surface area contributed by atoms with E-state index in [9.17, 15) is 4.39 Å². The van der Waals surface area contributed by atoms with Gasteiger partial charge in [0, 0.05) is 11.8 Å². The van der Waals surface area contributed by atoms with Crippen molar-refractivity contribution in [3.8, 4) is 11.6 Å². The molecule has 5 heteroatoms. The molecule has 0 fully saturated rings. The van der Waals surface area contributed by atoms with Gasteiger partial charge in [0.1, 0.15) is 11.6 Å². The van der Waals surface area contributed by atoms with Crippen molar-refractivity contribution in [3.05, 3.63) is 77.7 Å². The van der Waals surface area contributed by atoms with Crippen LogP contribution in [0.3, 0.4) is 0 Å². The Balaban J connectivity index is 1.80. The van der Waals surface area contributed by atoms with Crippen molar-refractivity contribution in [3.63, 3.8) is 0 Å². The molecule has 0 bridgehead atoms. The van der Waals surface area contributed by atoms with Crippen LogP contribution in [0.1, 0.15) is 31.0 Å². The van der Waals surface area contributed by atoms with Gasteiger partial charge in [-0.05, 0) is 35.7 Å². The van der Waals surface area contributed by atoms with Crippen LogP contribution in [0, 0.1) is 5.82 Å². The highest BCUT2D eigenvalue weighted by atomic mass is 32.2. The number of thioether (sulfide) groups is 1. The molecule has 0 unspecified atom stereocenters. The number of aromatic nitrogens is 2. The van der Waals surface area contributed by atoms with Crippen LogP contribution < -0.4 is 4.74 Å². The van der Waals surface area contributed by atoms with Gasteiger partial charge in [0.25, 0.3) is 0 Å². The van der Waals surface area contributed by atoms with E-state index in [-0.39, 0.29) is 11.7 Å². The van der Waals surface area contributed by atoms with Crippen molar-refractivity contribution in [2.24, 2.45) is 0 Å². The van der Waals surface area contributed by atoms with Gasteiger partial charge in [0.2, 0.25) is 5.88 Å². The maximum atomic E-state index is 13.0. The summed E-state index contributed by atoms with van der Waals surface area (Å²) in [4.78, 5) is 9.10. The van der Waals surface area contributed by atoms with Gasteiger partial charge < -0.3 is 4.74 Å². The summed E-state index contributed by atoms with van der Waals surface area (Å²) in [5, 5.41) is 0.673. The number of benzene rings is 2. The van der Waals surface area contributed by atoms with Crippen molar-refractivity contribution in [1.29, 1.82) is 0 Å². The molecule has 0 N–H and O–H groups in total. The maximum absolute atomic E-state index is 13.0. The minimum atomic E-state index is -0.294. The highest BCUT2D eigenvalue weighted by Gasteiger charge is 2.10. The highest BCUT2D eigenvalue weighted by Crippen LogP contribution is 2.27. The molecule has 3 nitrogen and oxygen atoms in total. The third-order valence-corrected chi connectivity index (χ3v) is 4.46. The Hall–Kier alpha value is -2.40. The Kier molecular flexibility index (Phi) is 5.66. The largest absolute Gasteiger partial charge is 0.439 e. The SMILES string of the molecule is CC(C)c1cc(Oc2ccc(F)cc2)nc(SCc2ccccc2)n1. The molecule has 2 aromatic carbocycles. The van der Waals surface area contributed by atoms with Crippen LogP contribution in [0.25, 0.3) is 0 Å². The lowest BCUT2D eigenvalue weighted by atomic mass is 10.1. The first kappa shape index (κ1) is 17.4. The number of ether oxygens (including phenoxy) is 1. The van der Waals surface area contributed by atoms with Gasteiger partial charge in [-0.1, -0.05) is 55.9 Å². The van der Waals surface area contributed by atoms with Gasteiger partial charge in [-0.15, -0.1) is 0 Å². The average Bonchev–Trinajstić information content (AvgIpc) is 2.63. The fraction of sp³-hybridized carbons (Fsp3) is 0.200. The number of rotatable bonds is 6. The standard InChI is InChI=1S/C20H19FN2OS/c1-14(2)18-12-19(24-17-10-8-16(21)9-11-17)23-20(22-18)25-13-15-6-4-3-5-7-15/h3-12,14H,13H2,1-2H3. The van der Waals surface area contributed by atoms with Crippen molar-refractivity contribution >= 4 is 11.8 Å². The van der Waals surface area contributed by atoms with E-state index in [1.165, 1.54) is 17.7 Å². The van der Waals surface area contributed by atoms with E-state index in [4.69, 9.17) is 4.74 Å². The molecule has 0 aliphatic rings. The first-order valence-corrected chi connectivity index (χ1v) is 9.08. The van der Waals surface area contributed by atoms with Crippen molar-refractivity contribution in [1.82, 2.24) is 9.97 Å². The molecular formula is C20H19FN2OS. The van der Waals surface area contributed by atoms with Crippen molar-refractivity contribution < 1.29 is 9.13 Å². The summed E-state index contributed by atoms with van der Waals surface area (Å²) in [5.41, 5.74) is 2.13. The molecule has 0 radical (unpaired) electrons. The van der Waals surface area contributed by atoms with E-state index in [2.05, 4.69) is 35.9 Å². The average molecular weight is 354 g/mol. The molecule has 0 atom stereocenters. The van der Waals surface area contributed by atoms with Crippen LogP contribution in [-0.4, -0.2) is 9.97 Å². The van der Waals surface area contributed by atoms with Crippen LogP contribution in [0.15, 0.2) is 65.8 Å². The quantitative estimate of drug-likeness (QED) is 0.412. The maximum Gasteiger partial charge on any atom is 0.223 e. The second-order valence-electron chi connectivity index (χ2n) is 5.90. The number of nitrogens with zero attached hydrogens (tertiary/aromatic N) is 2. The van der Waals surface area contributed by atoms with Crippen LogP contribution in [-0.2, 0) is 5.75 Å². The third-order valence-electron chi connectivity index (χ3n) is 3.54. The molecular weight excluding hydrogens is 335 g/mol. The predicted octanol–water partition coefficient (Wildman–Crippen LogP) is 5.82. The van der Waals surface area contributed by atoms with Crippen LogP contribution in [0.2, 0.25) is 0 Å². The van der Waals surface area contributed by atoms with Crippen LogP contribution in [0.5, 0.6) is 11.6 Å². The Bertz CT molecular complexity index is 823. The topological polar surface area (TPSA) is 35.0 Å². The normalized spacial score (nSPS) is 10.9. The fourth-order valence-corrected chi connectivity index (χ4v) is 2.99. The summed E-state index contributed by atoms with van der Waals surface area (Å²) in [6.45, 7) is 4.16. The molecule has 0 amide bonds. The first-order chi connectivity index (χ1) is 12.1. The van der Waals surface area contributed by atoms with Crippen LogP contribution >= 0.6 is 11.8 Å². The molecule has 3 rings (SSSR count). The van der Waals surface area contributed by atoms with Crippen molar-refractivity contribution in [2.75, 3.05) is 0 Å². The molecule has 0 saturated heterocycles. The van der Waals surface area contributed by atoms with Gasteiger partial charge in [0.05, 0.1) is 5.69 Å². The monoisotopic (exact) mass is 354 g/mol. The predicted molar refractivity (Wildman–Crippen MR) is 98.6 cm³/mol. The first-order valence-electron chi connectivity index (χ1n) is 8.09. The molecule has 1 heterocycles. The van der Waals surface area contributed by atoms with Gasteiger partial charge in [-0.2, -0.15) is 4.98 Å². The lowest BCUT2D eigenvalue weighted by Gasteiger charge is -2.11. The van der Waals surface area contributed by atoms with Gasteiger partial charge in [0.15, 0.2) is 5.16 Å². The minimum Gasteiger partial charge on any atom is -0.439 e. The lowest BCUT2D eigenvalue weighted by Crippen LogP contribution is -2.00. The Morgan fingerprint density at radius 3 is 2.40 bits per heavy atom. The second-order valence-corrected chi connectivity index (χ2v) is 6.84. The minimum absolute atomic E-state index is 0.259. The molecule has 3 aromatic rings. The number of hydrogen-bond acceptors (Lipinski definition) is 4. The summed E-state index contributed by atoms with van der Waals surface area (Å²) in [5.74, 6) is 1.78. The van der Waals surface area contributed by atoms with E-state index in [1.807, 2.05) is 24.3 Å². The summed E-state index contributed by atoms with van der Waals surface area (Å²) in [7, 11) is 0. The molecule has 1 aromatic heterocycles. The van der Waals surface area contributed by atoms with Gasteiger partial charge in [-0.25, -0.2) is 9.37 Å². The van der Waals surface area contributed by atoms with E-state index in [0.29, 0.717) is 16.8 Å². The molecule has 0 spiro atoms. The summed E-state index contributed by atoms with van der Waals surface area (Å²) < 4.78 is 18.8. The number of hydrogen-bond donors (Lipinski definition) is 0. The van der Waals surface area contributed by atoms with E-state index in [0.717, 1.165) is 11.4 Å². The zero-order valence-corrected chi connectivity index (χ0v) is 15.0. The zero-order chi connectivity index (χ0) is 17.6. The zero-order valence-electron chi connectivity index (χ0n) is 14.1. The number of halogens is 1. The molecule has 0 aliphatic heterocycles. The van der Waals surface area contributed by atoms with Gasteiger partial charge in [-0.3, -0.25) is 0 Å². The van der Waals surface area contributed by atoms with Crippen molar-refractivity contribution in [2.45, 2.75) is 30.7 Å².